The Labute approximate surface area is 106 Å². The Balaban J connectivity index is 1.99. The summed E-state index contributed by atoms with van der Waals surface area (Å²) >= 11 is 0. The zero-order valence-corrected chi connectivity index (χ0v) is 10.6. The third-order valence-electron chi connectivity index (χ3n) is 3.85. The molecule has 0 amide bonds. The Bertz CT molecular complexity index is 617. The summed E-state index contributed by atoms with van der Waals surface area (Å²) in [5.74, 6) is 0.594. The van der Waals surface area contributed by atoms with Gasteiger partial charge in [-0.05, 0) is 55.4 Å². The lowest BCUT2D eigenvalue weighted by atomic mass is 9.90. The van der Waals surface area contributed by atoms with Gasteiger partial charge in [0.2, 0.25) is 5.56 Å². The van der Waals surface area contributed by atoms with E-state index in [1.807, 2.05) is 6.07 Å². The maximum atomic E-state index is 11.4. The van der Waals surface area contributed by atoms with Crippen molar-refractivity contribution in [3.8, 4) is 0 Å². The quantitative estimate of drug-likeness (QED) is 0.833. The fourth-order valence-electron chi connectivity index (χ4n) is 2.86. The molecule has 1 aromatic carbocycles. The fourth-order valence-corrected chi connectivity index (χ4v) is 2.86. The van der Waals surface area contributed by atoms with Crippen molar-refractivity contribution in [3.05, 3.63) is 46.2 Å². The summed E-state index contributed by atoms with van der Waals surface area (Å²) in [7, 11) is 2.18. The number of H-pyrrole nitrogens is 1. The molecule has 3 nitrogen and oxygen atoms in total. The first-order chi connectivity index (χ1) is 8.72. The molecule has 0 saturated carbocycles. The summed E-state index contributed by atoms with van der Waals surface area (Å²) in [6.07, 6.45) is 2.50. The lowest BCUT2D eigenvalue weighted by molar-refractivity contribution is 0.251. The molecular formula is C15H18N2O. The molecule has 1 aromatic heterocycles. The summed E-state index contributed by atoms with van der Waals surface area (Å²) in [6.45, 7) is 2.31. The number of aromatic amines is 1. The van der Waals surface area contributed by atoms with Crippen LogP contribution in [0.3, 0.4) is 0 Å². The van der Waals surface area contributed by atoms with Gasteiger partial charge in [-0.3, -0.25) is 4.79 Å². The van der Waals surface area contributed by atoms with E-state index in [1.54, 1.807) is 6.07 Å². The standard InChI is InChI=1S/C15H18N2O/c1-17-8-2-3-13(10-17)12-5-4-11-6-7-15(18)16-14(11)9-12/h4-7,9,13H,2-3,8,10H2,1H3,(H,16,18). The highest BCUT2D eigenvalue weighted by atomic mass is 16.1. The van der Waals surface area contributed by atoms with Crippen molar-refractivity contribution in [2.24, 2.45) is 0 Å². The number of hydrogen-bond donors (Lipinski definition) is 1. The largest absolute Gasteiger partial charge is 0.322 e. The molecule has 3 rings (SSSR count). The van der Waals surface area contributed by atoms with E-state index in [2.05, 4.69) is 35.1 Å². The zero-order valence-electron chi connectivity index (χ0n) is 10.6. The van der Waals surface area contributed by atoms with Crippen LogP contribution >= 0.6 is 0 Å². The first-order valence-corrected chi connectivity index (χ1v) is 6.54. The lowest BCUT2D eigenvalue weighted by Gasteiger charge is -2.30. The molecule has 1 aliphatic heterocycles. The van der Waals surface area contributed by atoms with E-state index in [9.17, 15) is 4.79 Å². The molecule has 2 heterocycles. The summed E-state index contributed by atoms with van der Waals surface area (Å²) < 4.78 is 0. The van der Waals surface area contributed by atoms with E-state index in [1.165, 1.54) is 24.9 Å². The van der Waals surface area contributed by atoms with E-state index in [0.29, 0.717) is 5.92 Å². The molecule has 0 aliphatic carbocycles. The van der Waals surface area contributed by atoms with Crippen LogP contribution < -0.4 is 5.56 Å². The van der Waals surface area contributed by atoms with E-state index in [0.717, 1.165) is 17.4 Å². The number of piperidine rings is 1. The van der Waals surface area contributed by atoms with Crippen LogP contribution in [0.15, 0.2) is 35.1 Å². The van der Waals surface area contributed by atoms with Crippen molar-refractivity contribution in [1.82, 2.24) is 9.88 Å². The zero-order chi connectivity index (χ0) is 12.5. The number of hydrogen-bond acceptors (Lipinski definition) is 2. The van der Waals surface area contributed by atoms with Gasteiger partial charge < -0.3 is 9.88 Å². The summed E-state index contributed by atoms with van der Waals surface area (Å²) in [5.41, 5.74) is 2.27. The molecule has 1 atom stereocenters. The molecule has 1 saturated heterocycles. The maximum absolute atomic E-state index is 11.4. The number of pyridine rings is 1. The number of likely N-dealkylation sites (N-methyl/N-ethyl adjacent to an activating group) is 1. The number of nitrogens with zero attached hydrogens (tertiary/aromatic N) is 1. The van der Waals surface area contributed by atoms with Gasteiger partial charge >= 0.3 is 0 Å². The Kier molecular flexibility index (Phi) is 2.92. The third kappa shape index (κ3) is 2.18. The fraction of sp³-hybridized carbons (Fsp3) is 0.400. The predicted octanol–water partition coefficient (Wildman–Crippen LogP) is 2.34. The van der Waals surface area contributed by atoms with Gasteiger partial charge in [0.05, 0.1) is 0 Å². The molecule has 0 radical (unpaired) electrons. The average molecular weight is 242 g/mol. The Morgan fingerprint density at radius 2 is 2.11 bits per heavy atom. The molecule has 1 N–H and O–H groups in total. The predicted molar refractivity (Wildman–Crippen MR) is 74.0 cm³/mol. The van der Waals surface area contributed by atoms with E-state index in [-0.39, 0.29) is 5.56 Å². The topological polar surface area (TPSA) is 36.1 Å². The molecule has 0 spiro atoms. The number of benzene rings is 1. The van der Waals surface area contributed by atoms with E-state index in [4.69, 9.17) is 0 Å². The molecule has 1 aliphatic rings. The number of aromatic nitrogens is 1. The second kappa shape index (κ2) is 4.58. The van der Waals surface area contributed by atoms with Gasteiger partial charge in [-0.2, -0.15) is 0 Å². The van der Waals surface area contributed by atoms with Crippen molar-refractivity contribution >= 4 is 10.9 Å². The summed E-state index contributed by atoms with van der Waals surface area (Å²) in [6, 6.07) is 9.90. The van der Waals surface area contributed by atoms with Crippen LogP contribution in [0.4, 0.5) is 0 Å². The first-order valence-electron chi connectivity index (χ1n) is 6.54. The van der Waals surface area contributed by atoms with Crippen LogP contribution in [-0.2, 0) is 0 Å². The molecule has 1 fully saturated rings. The van der Waals surface area contributed by atoms with Gasteiger partial charge in [0.1, 0.15) is 0 Å². The maximum Gasteiger partial charge on any atom is 0.248 e. The van der Waals surface area contributed by atoms with Crippen molar-refractivity contribution in [2.45, 2.75) is 18.8 Å². The van der Waals surface area contributed by atoms with Crippen LogP contribution in [0.5, 0.6) is 0 Å². The van der Waals surface area contributed by atoms with Gasteiger partial charge in [0, 0.05) is 18.1 Å². The van der Waals surface area contributed by atoms with Crippen LogP contribution in [0.25, 0.3) is 10.9 Å². The van der Waals surface area contributed by atoms with Crippen molar-refractivity contribution in [2.75, 3.05) is 20.1 Å². The van der Waals surface area contributed by atoms with Gasteiger partial charge in [-0.25, -0.2) is 0 Å². The minimum Gasteiger partial charge on any atom is -0.322 e. The minimum atomic E-state index is -0.0274. The number of likely N-dealkylation sites (tertiary alicyclic amines) is 1. The minimum absolute atomic E-state index is 0.0274. The average Bonchev–Trinajstić information content (AvgIpc) is 2.38. The molecule has 1 unspecified atom stereocenters. The van der Waals surface area contributed by atoms with Crippen molar-refractivity contribution in [3.63, 3.8) is 0 Å². The smallest absolute Gasteiger partial charge is 0.248 e. The molecule has 2 aromatic rings. The Morgan fingerprint density at radius 3 is 2.94 bits per heavy atom. The van der Waals surface area contributed by atoms with Gasteiger partial charge in [0.15, 0.2) is 0 Å². The highest BCUT2D eigenvalue weighted by Gasteiger charge is 2.18. The Morgan fingerprint density at radius 1 is 1.28 bits per heavy atom. The monoisotopic (exact) mass is 242 g/mol. The number of rotatable bonds is 1. The normalized spacial score (nSPS) is 21.3. The van der Waals surface area contributed by atoms with Gasteiger partial charge in [0.25, 0.3) is 0 Å². The molecule has 18 heavy (non-hydrogen) atoms. The van der Waals surface area contributed by atoms with Crippen LogP contribution in [0, 0.1) is 0 Å². The molecular weight excluding hydrogens is 224 g/mol. The van der Waals surface area contributed by atoms with Gasteiger partial charge in [-0.15, -0.1) is 0 Å². The van der Waals surface area contributed by atoms with Gasteiger partial charge in [-0.1, -0.05) is 12.1 Å². The van der Waals surface area contributed by atoms with E-state index >= 15 is 0 Å². The lowest BCUT2D eigenvalue weighted by Crippen LogP contribution is -2.30. The molecule has 3 heteroatoms. The Hall–Kier alpha value is -1.61. The van der Waals surface area contributed by atoms with Crippen molar-refractivity contribution < 1.29 is 0 Å². The molecule has 0 bridgehead atoms. The first kappa shape index (κ1) is 11.5. The van der Waals surface area contributed by atoms with Crippen LogP contribution in [0.2, 0.25) is 0 Å². The van der Waals surface area contributed by atoms with Crippen LogP contribution in [0.1, 0.15) is 24.3 Å². The number of fused-ring (bicyclic) bond motifs is 1. The number of nitrogens with one attached hydrogen (secondary N) is 1. The second-order valence-corrected chi connectivity index (χ2v) is 5.27. The second-order valence-electron chi connectivity index (χ2n) is 5.27. The summed E-state index contributed by atoms with van der Waals surface area (Å²) in [5, 5.41) is 1.10. The third-order valence-corrected chi connectivity index (χ3v) is 3.85. The van der Waals surface area contributed by atoms with E-state index < -0.39 is 0 Å². The SMILES string of the molecule is CN1CCCC(c2ccc3ccc(=O)[nH]c3c2)C1. The van der Waals surface area contributed by atoms with Crippen molar-refractivity contribution in [1.29, 1.82) is 0 Å². The van der Waals surface area contributed by atoms with Crippen LogP contribution in [-0.4, -0.2) is 30.0 Å². The summed E-state index contributed by atoms with van der Waals surface area (Å²) in [4.78, 5) is 16.7. The highest BCUT2D eigenvalue weighted by Crippen LogP contribution is 2.27. The molecule has 94 valence electrons. The highest BCUT2D eigenvalue weighted by molar-refractivity contribution is 5.79.